The SMILES string of the molecule is N#Cc1cnc(C(=N)O/C(N)=N/C2N=C(c3ccccc3)c3ccccc3NC2=O)c(N2C3COCC2C3)c1. The number of nitrogens with zero attached hydrogens (tertiary/aromatic N) is 5. The molecule has 2 fully saturated rings. The second-order valence-electron chi connectivity index (χ2n) is 9.34. The maximum atomic E-state index is 13.1. The molecule has 1 aromatic heterocycles. The zero-order chi connectivity index (χ0) is 26.9. The summed E-state index contributed by atoms with van der Waals surface area (Å²) in [7, 11) is 0. The fourth-order valence-electron chi connectivity index (χ4n) is 5.08. The van der Waals surface area contributed by atoms with E-state index in [4.69, 9.17) is 20.6 Å². The van der Waals surface area contributed by atoms with Crippen molar-refractivity contribution < 1.29 is 14.3 Å². The lowest BCUT2D eigenvalue weighted by atomic mass is 9.90. The molecule has 3 unspecified atom stereocenters. The molecule has 194 valence electrons. The van der Waals surface area contributed by atoms with E-state index >= 15 is 0 Å². The smallest absolute Gasteiger partial charge is 0.291 e. The third-order valence-corrected chi connectivity index (χ3v) is 6.87. The fraction of sp³-hybridized carbons (Fsp3) is 0.214. The minimum absolute atomic E-state index is 0.138. The molecule has 0 spiro atoms. The quantitative estimate of drug-likeness (QED) is 0.351. The van der Waals surface area contributed by atoms with Crippen molar-refractivity contribution in [2.24, 2.45) is 15.7 Å². The van der Waals surface area contributed by atoms with E-state index in [1.165, 1.54) is 6.20 Å². The van der Waals surface area contributed by atoms with Crippen LogP contribution in [0.4, 0.5) is 11.4 Å². The number of benzene rings is 2. The third-order valence-electron chi connectivity index (χ3n) is 6.87. The molecule has 3 aliphatic heterocycles. The molecule has 3 atom stereocenters. The monoisotopic (exact) mass is 520 g/mol. The Morgan fingerprint density at radius 2 is 1.92 bits per heavy atom. The van der Waals surface area contributed by atoms with Gasteiger partial charge in [-0.15, -0.1) is 0 Å². The van der Waals surface area contributed by atoms with Crippen LogP contribution in [0.1, 0.15) is 28.8 Å². The number of nitriles is 1. The minimum Gasteiger partial charge on any atom is -0.405 e. The Balaban J connectivity index is 1.30. The predicted molar refractivity (Wildman–Crippen MR) is 145 cm³/mol. The number of para-hydroxylation sites is 1. The van der Waals surface area contributed by atoms with Gasteiger partial charge < -0.3 is 25.4 Å². The maximum absolute atomic E-state index is 13.1. The number of carbonyl (C=O) groups excluding carboxylic acids is 1. The van der Waals surface area contributed by atoms with Crippen LogP contribution in [0.25, 0.3) is 0 Å². The summed E-state index contributed by atoms with van der Waals surface area (Å²) in [4.78, 5) is 28.3. The average molecular weight is 521 g/mol. The lowest BCUT2D eigenvalue weighted by molar-refractivity contribution is -0.117. The molecule has 11 nitrogen and oxygen atoms in total. The first-order chi connectivity index (χ1) is 19.0. The van der Waals surface area contributed by atoms with E-state index in [1.807, 2.05) is 48.5 Å². The first-order valence-electron chi connectivity index (χ1n) is 12.4. The molecule has 1 amide bonds. The van der Waals surface area contributed by atoms with Gasteiger partial charge in [0.2, 0.25) is 12.1 Å². The molecule has 0 saturated carbocycles. The molecule has 0 radical (unpaired) electrons. The van der Waals surface area contributed by atoms with E-state index < -0.39 is 18.1 Å². The zero-order valence-electron chi connectivity index (χ0n) is 20.7. The van der Waals surface area contributed by atoms with Crippen LogP contribution >= 0.6 is 0 Å². The largest absolute Gasteiger partial charge is 0.405 e. The number of carbonyl (C=O) groups is 1. The van der Waals surface area contributed by atoms with Gasteiger partial charge in [0.25, 0.3) is 11.9 Å². The molecule has 4 heterocycles. The summed E-state index contributed by atoms with van der Waals surface area (Å²) in [5, 5.41) is 20.8. The van der Waals surface area contributed by atoms with E-state index in [1.54, 1.807) is 12.1 Å². The molecule has 2 saturated heterocycles. The summed E-state index contributed by atoms with van der Waals surface area (Å²) in [5.41, 5.74) is 10.0. The summed E-state index contributed by atoms with van der Waals surface area (Å²) < 4.78 is 11.1. The Kier molecular flexibility index (Phi) is 6.22. The molecule has 2 aromatic carbocycles. The predicted octanol–water partition coefficient (Wildman–Crippen LogP) is 2.40. The highest BCUT2D eigenvalue weighted by molar-refractivity contribution is 6.19. The van der Waals surface area contributed by atoms with Gasteiger partial charge in [0.15, 0.2) is 0 Å². The molecule has 39 heavy (non-hydrogen) atoms. The zero-order valence-corrected chi connectivity index (χ0v) is 20.7. The number of aliphatic imine (C=N–C) groups is 2. The van der Waals surface area contributed by atoms with Crippen LogP contribution in [-0.4, -0.2) is 60.0 Å². The number of amides is 1. The van der Waals surface area contributed by atoms with E-state index in [0.29, 0.717) is 35.9 Å². The number of nitrogens with two attached hydrogens (primary N) is 1. The molecule has 3 aliphatic rings. The second kappa shape index (κ2) is 10.00. The van der Waals surface area contributed by atoms with Gasteiger partial charge >= 0.3 is 0 Å². The van der Waals surface area contributed by atoms with Crippen LogP contribution in [-0.2, 0) is 14.3 Å². The highest BCUT2D eigenvalue weighted by atomic mass is 16.5. The van der Waals surface area contributed by atoms with Gasteiger partial charge in [0.05, 0.1) is 47.9 Å². The summed E-state index contributed by atoms with van der Waals surface area (Å²) in [6.07, 6.45) is 1.10. The van der Waals surface area contributed by atoms with Crippen LogP contribution in [0.15, 0.2) is 76.8 Å². The van der Waals surface area contributed by atoms with Crippen molar-refractivity contribution in [1.82, 2.24) is 4.98 Å². The fourth-order valence-corrected chi connectivity index (χ4v) is 5.08. The Labute approximate surface area is 224 Å². The van der Waals surface area contributed by atoms with Gasteiger partial charge in [-0.2, -0.15) is 10.3 Å². The minimum atomic E-state index is -1.25. The molecule has 3 aromatic rings. The number of pyridine rings is 1. The van der Waals surface area contributed by atoms with E-state index in [-0.39, 0.29) is 23.7 Å². The number of hydrogen-bond donors (Lipinski definition) is 3. The van der Waals surface area contributed by atoms with Gasteiger partial charge in [-0.05, 0) is 18.6 Å². The number of nitrogens with one attached hydrogen (secondary N) is 2. The van der Waals surface area contributed by atoms with Gasteiger partial charge in [-0.1, -0.05) is 48.5 Å². The Hall–Kier alpha value is -5.08. The number of anilines is 2. The van der Waals surface area contributed by atoms with Crippen molar-refractivity contribution >= 4 is 34.9 Å². The van der Waals surface area contributed by atoms with E-state index in [2.05, 4.69) is 31.3 Å². The molecule has 2 bridgehead atoms. The number of fused-ring (bicyclic) bond motifs is 3. The third kappa shape index (κ3) is 4.58. The molecule has 4 N–H and O–H groups in total. The number of morpholine rings is 1. The van der Waals surface area contributed by atoms with Crippen LogP contribution in [0.3, 0.4) is 0 Å². The number of amidine groups is 1. The number of hydrogen-bond acceptors (Lipinski definition) is 9. The lowest BCUT2D eigenvalue weighted by Gasteiger charge is -2.54. The standard InChI is InChI=1S/C28H24N8O3/c29-12-16-10-22(36-18-11-19(36)15-38-14-18)24(32-13-16)25(30)39-28(31)35-26-27(37)33-21-9-5-4-8-20(21)23(34-26)17-6-2-1-3-7-17/h1-10,13,18-19,26,30H,11,14-15H2,(H2,31,35)(H,33,37). The van der Waals surface area contributed by atoms with Crippen molar-refractivity contribution in [2.75, 3.05) is 23.4 Å². The summed E-state index contributed by atoms with van der Waals surface area (Å²) in [6, 6.07) is 20.5. The molecular weight excluding hydrogens is 496 g/mol. The van der Waals surface area contributed by atoms with Crippen LogP contribution < -0.4 is 16.0 Å². The summed E-state index contributed by atoms with van der Waals surface area (Å²) >= 11 is 0. The van der Waals surface area contributed by atoms with Crippen LogP contribution in [0, 0.1) is 16.7 Å². The van der Waals surface area contributed by atoms with Gasteiger partial charge in [-0.25, -0.2) is 9.98 Å². The topological polar surface area (TPSA) is 162 Å². The second-order valence-corrected chi connectivity index (χ2v) is 9.34. The highest BCUT2D eigenvalue weighted by Crippen LogP contribution is 2.38. The lowest BCUT2D eigenvalue weighted by Crippen LogP contribution is -2.64. The highest BCUT2D eigenvalue weighted by Gasteiger charge is 2.44. The van der Waals surface area contributed by atoms with Crippen molar-refractivity contribution in [3.8, 4) is 6.07 Å². The van der Waals surface area contributed by atoms with E-state index in [9.17, 15) is 10.1 Å². The first-order valence-corrected chi connectivity index (χ1v) is 12.4. The van der Waals surface area contributed by atoms with Crippen molar-refractivity contribution in [3.63, 3.8) is 0 Å². The molecule has 0 aliphatic carbocycles. The molecule has 11 heteroatoms. The number of aromatic nitrogens is 1. The average Bonchev–Trinajstić information content (AvgIpc) is 3.09. The maximum Gasteiger partial charge on any atom is 0.291 e. The van der Waals surface area contributed by atoms with Crippen molar-refractivity contribution in [3.05, 3.63) is 89.2 Å². The van der Waals surface area contributed by atoms with Gasteiger partial charge in [0, 0.05) is 17.3 Å². The summed E-state index contributed by atoms with van der Waals surface area (Å²) in [6.45, 7) is 1.12. The van der Waals surface area contributed by atoms with Gasteiger partial charge in [0.1, 0.15) is 11.8 Å². The number of ether oxygens (including phenoxy) is 2. The Bertz CT molecular complexity index is 1550. The normalized spacial score (nSPS) is 21.9. The van der Waals surface area contributed by atoms with Crippen molar-refractivity contribution in [1.29, 1.82) is 10.7 Å². The first kappa shape index (κ1) is 24.3. The molecular formula is C28H24N8O3. The Morgan fingerprint density at radius 1 is 1.18 bits per heavy atom. The molecule has 6 rings (SSSR count). The van der Waals surface area contributed by atoms with Crippen LogP contribution in [0.5, 0.6) is 0 Å². The number of benzodiazepines with no additional fused rings is 1. The number of rotatable bonds is 4. The van der Waals surface area contributed by atoms with Crippen molar-refractivity contribution in [2.45, 2.75) is 24.7 Å². The van der Waals surface area contributed by atoms with Gasteiger partial charge in [-0.3, -0.25) is 10.2 Å². The van der Waals surface area contributed by atoms with Crippen LogP contribution in [0.2, 0.25) is 0 Å². The Morgan fingerprint density at radius 3 is 2.67 bits per heavy atom. The van der Waals surface area contributed by atoms with E-state index in [0.717, 1.165) is 17.5 Å². The summed E-state index contributed by atoms with van der Waals surface area (Å²) in [5.74, 6) is -0.844.